The lowest BCUT2D eigenvalue weighted by atomic mass is 9.79. The van der Waals surface area contributed by atoms with E-state index in [0.29, 0.717) is 0 Å². The first-order chi connectivity index (χ1) is 52.5. The molecule has 4 aliphatic rings. The van der Waals surface area contributed by atoms with Crippen LogP contribution in [0.25, 0.3) is 176 Å². The van der Waals surface area contributed by atoms with Gasteiger partial charge >= 0.3 is 0 Å². The topological polar surface area (TPSA) is 0 Å². The van der Waals surface area contributed by atoms with E-state index in [0.717, 1.165) is 0 Å². The highest BCUT2D eigenvalue weighted by atomic mass is 14.5. The number of fused-ring (bicyclic) bond motifs is 20. The predicted molar refractivity (Wildman–Crippen MR) is 461 cm³/mol. The first kappa shape index (κ1) is 63.9. The van der Waals surface area contributed by atoms with Crippen molar-refractivity contribution >= 4 is 64.6 Å². The van der Waals surface area contributed by atoms with E-state index in [-0.39, 0.29) is 21.7 Å². The van der Waals surface area contributed by atoms with E-state index >= 15 is 0 Å². The third kappa shape index (κ3) is 9.75. The summed E-state index contributed by atoms with van der Waals surface area (Å²) >= 11 is 0. The molecule has 0 heteroatoms. The van der Waals surface area contributed by atoms with E-state index in [1.54, 1.807) is 0 Å². The maximum Gasteiger partial charge on any atom is 0.0159 e. The van der Waals surface area contributed by atoms with Gasteiger partial charge in [-0.2, -0.15) is 0 Å². The molecule has 22 rings (SSSR count). The van der Waals surface area contributed by atoms with Crippen molar-refractivity contribution in [3.63, 3.8) is 0 Å². The molecule has 0 atom stereocenters. The first-order valence-corrected chi connectivity index (χ1v) is 38.5. The monoisotopic (exact) mass is 1380 g/mol. The maximum atomic E-state index is 2.52. The van der Waals surface area contributed by atoms with Crippen LogP contribution >= 0.6 is 0 Å². The summed E-state index contributed by atoms with van der Waals surface area (Å²) in [6, 6.07) is 128. The molecule has 0 saturated carbocycles. The molecule has 0 radical (unpaired) electrons. The van der Waals surface area contributed by atoms with Gasteiger partial charge in [-0.3, -0.25) is 0 Å². The highest BCUT2D eigenvalue weighted by Gasteiger charge is 2.44. The lowest BCUT2D eigenvalue weighted by molar-refractivity contribution is 0.652. The van der Waals surface area contributed by atoms with Crippen molar-refractivity contribution in [3.05, 3.63) is 384 Å². The molecule has 0 fully saturated rings. The van der Waals surface area contributed by atoms with E-state index < -0.39 is 0 Å². The second-order valence-corrected chi connectivity index (χ2v) is 33.1. The lowest BCUT2D eigenvalue weighted by Gasteiger charge is -2.24. The largest absolute Gasteiger partial charge is 0.0619 e. The van der Waals surface area contributed by atoms with Crippen molar-refractivity contribution in [1.29, 1.82) is 0 Å². The van der Waals surface area contributed by atoms with Crippen molar-refractivity contribution in [2.45, 2.75) is 77.0 Å². The minimum Gasteiger partial charge on any atom is -0.0619 e. The van der Waals surface area contributed by atoms with Crippen molar-refractivity contribution in [1.82, 2.24) is 0 Å². The van der Waals surface area contributed by atoms with Crippen LogP contribution in [0.1, 0.15) is 99.9 Å². The van der Waals surface area contributed by atoms with Gasteiger partial charge < -0.3 is 0 Å². The van der Waals surface area contributed by atoms with Crippen LogP contribution in [0.2, 0.25) is 0 Å². The summed E-state index contributed by atoms with van der Waals surface area (Å²) in [5.74, 6) is 0. The van der Waals surface area contributed by atoms with Crippen LogP contribution in [0.5, 0.6) is 0 Å². The van der Waals surface area contributed by atoms with Crippen LogP contribution in [-0.2, 0) is 21.7 Å². The maximum absolute atomic E-state index is 2.52. The van der Waals surface area contributed by atoms with Gasteiger partial charge in [-0.05, 0) is 305 Å². The predicted octanol–water partition coefficient (Wildman–Crippen LogP) is 29.5. The highest BCUT2D eigenvalue weighted by Crippen LogP contribution is 2.59. The van der Waals surface area contributed by atoms with E-state index in [9.17, 15) is 0 Å². The van der Waals surface area contributed by atoms with Crippen molar-refractivity contribution < 1.29 is 0 Å². The SMILES string of the molecule is CC1(C)c2ccccc2-c2cc3c(cc21)-c1cc(-c2cccc(-c4ccc5cc(-c6cc7ccc8ccccc8c7c7ccccc67)ccc5c4)c2)ccc1C3(C)C.CC1(C)c2ccccc2-c2cc3c(cc21)-c1ccc(-c2cccc(-c4ccc5cc(-c6ccc7ccccc7c6)ccc5c4)c2)cc1C3(C)C. The summed E-state index contributed by atoms with van der Waals surface area (Å²) in [6.07, 6.45) is 0. The summed E-state index contributed by atoms with van der Waals surface area (Å²) in [5, 5.41) is 15.3. The summed E-state index contributed by atoms with van der Waals surface area (Å²) in [4.78, 5) is 0. The fourth-order valence-electron chi connectivity index (χ4n) is 19.7. The van der Waals surface area contributed by atoms with Gasteiger partial charge in [0, 0.05) is 21.7 Å². The number of rotatable bonds is 6. The van der Waals surface area contributed by atoms with Gasteiger partial charge in [0.2, 0.25) is 0 Å². The minimum atomic E-state index is -0.0843. The van der Waals surface area contributed by atoms with Crippen molar-refractivity contribution in [2.24, 2.45) is 0 Å². The van der Waals surface area contributed by atoms with E-state index in [2.05, 4.69) is 395 Å². The Kier molecular flexibility index (Phi) is 13.9. The molecule has 18 aromatic rings. The average Bonchev–Trinajstić information content (AvgIpc) is 1.55. The third-order valence-corrected chi connectivity index (χ3v) is 25.6. The fourth-order valence-corrected chi connectivity index (χ4v) is 19.7. The molecule has 0 heterocycles. The molecular formula is C108H80. The smallest absolute Gasteiger partial charge is 0.0159 e. The minimum absolute atomic E-state index is 0.00346. The summed E-state index contributed by atoms with van der Waals surface area (Å²) in [6.45, 7) is 19.1. The molecule has 0 aliphatic heterocycles. The Bertz CT molecular complexity index is 6920. The van der Waals surface area contributed by atoms with Crippen LogP contribution in [0.15, 0.2) is 340 Å². The van der Waals surface area contributed by atoms with Gasteiger partial charge in [0.25, 0.3) is 0 Å². The Morgan fingerprint density at radius 1 is 0.139 bits per heavy atom. The molecule has 512 valence electrons. The number of hydrogen-bond donors (Lipinski definition) is 0. The van der Waals surface area contributed by atoms with Crippen LogP contribution in [0.3, 0.4) is 0 Å². The molecule has 0 N–H and O–H groups in total. The second kappa shape index (κ2) is 23.5. The van der Waals surface area contributed by atoms with Crippen LogP contribution in [0, 0.1) is 0 Å². The zero-order valence-corrected chi connectivity index (χ0v) is 62.3. The van der Waals surface area contributed by atoms with Crippen LogP contribution in [0.4, 0.5) is 0 Å². The Labute approximate surface area is 633 Å². The van der Waals surface area contributed by atoms with Crippen LogP contribution < -0.4 is 0 Å². The molecular weight excluding hydrogens is 1300 g/mol. The van der Waals surface area contributed by atoms with Gasteiger partial charge in [-0.1, -0.05) is 310 Å². The van der Waals surface area contributed by atoms with E-state index in [1.807, 2.05) is 0 Å². The van der Waals surface area contributed by atoms with E-state index in [1.165, 1.54) is 220 Å². The van der Waals surface area contributed by atoms with Gasteiger partial charge in [0.05, 0.1) is 0 Å². The Morgan fingerprint density at radius 3 is 0.972 bits per heavy atom. The van der Waals surface area contributed by atoms with E-state index in [4.69, 9.17) is 0 Å². The molecule has 0 bridgehead atoms. The zero-order chi connectivity index (χ0) is 72.7. The van der Waals surface area contributed by atoms with Gasteiger partial charge in [0.15, 0.2) is 0 Å². The van der Waals surface area contributed by atoms with Crippen molar-refractivity contribution in [2.75, 3.05) is 0 Å². The Morgan fingerprint density at radius 2 is 0.444 bits per heavy atom. The first-order valence-electron chi connectivity index (χ1n) is 38.5. The standard InChI is InChI=1S/C58H42.C50H38/c1-57(2)52-19-10-9-17-46(52)50-33-55-51(34-54(50)57)49-31-41(26-27-53(49)58(55,3)4)37-14-11-13-36(28-37)38-21-22-40-30-42(24-23-39(40)29-38)48-32-43-25-20-35-12-5-6-15-44(35)56(43)47-18-8-7-16-45(47)48;1-49(2)45-15-8-7-14-41(45)43-29-48-44(30-47(43)49)42-23-22-40(28-46(42)50(48,3)4)34-13-9-12-33(25-34)35-18-19-39-27-38(21-20-37(39)26-35)36-17-16-31-10-5-6-11-32(31)24-36/h5-34H,1-4H3;5-30H,1-4H3. The van der Waals surface area contributed by atoms with Crippen molar-refractivity contribution in [3.8, 4) is 111 Å². The van der Waals surface area contributed by atoms with Crippen LogP contribution in [-0.4, -0.2) is 0 Å². The molecule has 0 amide bonds. The summed E-state index contributed by atoms with van der Waals surface area (Å²) < 4.78 is 0. The number of hydrogen-bond acceptors (Lipinski definition) is 0. The Hall–Kier alpha value is -12.5. The summed E-state index contributed by atoms with van der Waals surface area (Å²) in [5.41, 5.74) is 37.3. The third-order valence-electron chi connectivity index (χ3n) is 25.6. The zero-order valence-electron chi connectivity index (χ0n) is 62.3. The molecule has 18 aromatic carbocycles. The average molecular weight is 1380 g/mol. The molecule has 0 saturated heterocycles. The fraction of sp³-hybridized carbons (Fsp3) is 0.111. The lowest BCUT2D eigenvalue weighted by Crippen LogP contribution is -2.17. The molecule has 0 nitrogen and oxygen atoms in total. The quantitative estimate of drug-likeness (QED) is 0.146. The summed E-state index contributed by atoms with van der Waals surface area (Å²) in [7, 11) is 0. The molecule has 0 unspecified atom stereocenters. The Balaban J connectivity index is 0.000000139. The molecule has 4 aliphatic carbocycles. The molecule has 0 spiro atoms. The van der Waals surface area contributed by atoms with Gasteiger partial charge in [0.1, 0.15) is 0 Å². The molecule has 108 heavy (non-hydrogen) atoms. The second-order valence-electron chi connectivity index (χ2n) is 33.1. The normalized spacial score (nSPS) is 14.6. The van der Waals surface area contributed by atoms with Gasteiger partial charge in [-0.15, -0.1) is 0 Å². The van der Waals surface area contributed by atoms with Gasteiger partial charge in [-0.25, -0.2) is 0 Å². The highest BCUT2D eigenvalue weighted by molar-refractivity contribution is 6.23. The number of benzene rings is 18. The molecule has 0 aromatic heterocycles.